The summed E-state index contributed by atoms with van der Waals surface area (Å²) in [5.41, 5.74) is 7.34. The molecule has 1 aromatic heterocycles. The molecule has 70 valence electrons. The summed E-state index contributed by atoms with van der Waals surface area (Å²) < 4.78 is 2.06. The van der Waals surface area contributed by atoms with E-state index in [1.54, 1.807) is 0 Å². The smallest absolute Gasteiger partial charge is 0.119 e. The Morgan fingerprint density at radius 1 is 1.62 bits per heavy atom. The lowest BCUT2D eigenvalue weighted by atomic mass is 10.1. The van der Waals surface area contributed by atoms with Crippen LogP contribution in [0.5, 0.6) is 0 Å². The average Bonchev–Trinajstić information content (AvgIpc) is 2.91. The summed E-state index contributed by atoms with van der Waals surface area (Å²) in [6.45, 7) is 0. The summed E-state index contributed by atoms with van der Waals surface area (Å²) in [6, 6.07) is 2.22. The van der Waals surface area contributed by atoms with E-state index in [2.05, 4.69) is 43.5 Å². The van der Waals surface area contributed by atoms with Gasteiger partial charge in [0, 0.05) is 12.2 Å². The minimum absolute atomic E-state index is 0.200. The van der Waals surface area contributed by atoms with Crippen LogP contribution in [0, 0.1) is 9.49 Å². The molecule has 0 bridgehead atoms. The minimum Gasteiger partial charge on any atom is -0.324 e. The van der Waals surface area contributed by atoms with Gasteiger partial charge >= 0.3 is 0 Å². The van der Waals surface area contributed by atoms with E-state index in [0.29, 0.717) is 5.92 Å². The topological polar surface area (TPSA) is 38.9 Å². The highest BCUT2D eigenvalue weighted by atomic mass is 127. The summed E-state index contributed by atoms with van der Waals surface area (Å²) in [4.78, 5) is 4.16. The Morgan fingerprint density at radius 3 is 2.92 bits per heavy atom. The van der Waals surface area contributed by atoms with Gasteiger partial charge in [-0.2, -0.15) is 0 Å². The molecule has 0 radical (unpaired) electrons. The Kier molecular flexibility index (Phi) is 2.90. The van der Waals surface area contributed by atoms with E-state index >= 15 is 0 Å². The minimum atomic E-state index is 0.200. The van der Waals surface area contributed by atoms with Crippen molar-refractivity contribution in [1.82, 2.24) is 4.98 Å². The molecule has 2 N–H and O–H groups in total. The molecule has 0 spiro atoms. The first kappa shape index (κ1) is 9.86. The van der Waals surface area contributed by atoms with Crippen LogP contribution in [0.3, 0.4) is 0 Å². The normalized spacial score (nSPS) is 18.7. The van der Waals surface area contributed by atoms with Crippen molar-refractivity contribution in [3.63, 3.8) is 0 Å². The van der Waals surface area contributed by atoms with Crippen LogP contribution in [-0.2, 0) is 0 Å². The highest BCUT2D eigenvalue weighted by Crippen LogP contribution is 2.41. The predicted octanol–water partition coefficient (Wildman–Crippen LogP) is 2.86. The maximum atomic E-state index is 6.12. The summed E-state index contributed by atoms with van der Waals surface area (Å²) in [5.74, 6) is 0.697. The number of pyridine rings is 1. The van der Waals surface area contributed by atoms with E-state index in [-0.39, 0.29) is 6.04 Å². The number of aromatic nitrogens is 1. The SMILES string of the molecule is N[C@H](c1ccnc(Br)c1I)C1CC1. The largest absolute Gasteiger partial charge is 0.324 e. The molecule has 1 heterocycles. The Labute approximate surface area is 99.6 Å². The molecular formula is C9H10BrIN2. The molecule has 0 aliphatic heterocycles. The fraction of sp³-hybridized carbons (Fsp3) is 0.444. The number of hydrogen-bond acceptors (Lipinski definition) is 2. The predicted molar refractivity (Wildman–Crippen MR) is 64.3 cm³/mol. The zero-order chi connectivity index (χ0) is 9.42. The zero-order valence-electron chi connectivity index (χ0n) is 7.00. The summed E-state index contributed by atoms with van der Waals surface area (Å²) >= 11 is 5.70. The van der Waals surface area contributed by atoms with E-state index in [1.807, 2.05) is 12.3 Å². The summed E-state index contributed by atoms with van der Waals surface area (Å²) in [7, 11) is 0. The quantitative estimate of drug-likeness (QED) is 0.656. The first-order valence-corrected chi connectivity index (χ1v) is 6.13. The summed E-state index contributed by atoms with van der Waals surface area (Å²) in [6.07, 6.45) is 4.36. The van der Waals surface area contributed by atoms with Gasteiger partial charge in [-0.1, -0.05) is 0 Å². The molecular weight excluding hydrogens is 343 g/mol. The Bertz CT molecular complexity index is 325. The molecule has 1 aromatic rings. The highest BCUT2D eigenvalue weighted by Gasteiger charge is 2.30. The maximum Gasteiger partial charge on any atom is 0.119 e. The van der Waals surface area contributed by atoms with Gasteiger partial charge in [0.05, 0.1) is 3.57 Å². The highest BCUT2D eigenvalue weighted by molar-refractivity contribution is 14.1. The van der Waals surface area contributed by atoms with Crippen molar-refractivity contribution in [2.45, 2.75) is 18.9 Å². The van der Waals surface area contributed by atoms with Gasteiger partial charge in [-0.3, -0.25) is 0 Å². The van der Waals surface area contributed by atoms with Crippen LogP contribution >= 0.6 is 38.5 Å². The van der Waals surface area contributed by atoms with Crippen molar-refractivity contribution in [1.29, 1.82) is 0 Å². The van der Waals surface area contributed by atoms with E-state index in [1.165, 1.54) is 18.4 Å². The van der Waals surface area contributed by atoms with Crippen LogP contribution in [-0.4, -0.2) is 4.98 Å². The van der Waals surface area contributed by atoms with Crippen molar-refractivity contribution >= 4 is 38.5 Å². The standard InChI is InChI=1S/C9H10BrIN2/c10-9-7(11)6(3-4-13-9)8(12)5-1-2-5/h3-5,8H,1-2,12H2/t8-/m0/s1. The molecule has 13 heavy (non-hydrogen) atoms. The maximum absolute atomic E-state index is 6.12. The van der Waals surface area contributed by atoms with Gasteiger partial charge < -0.3 is 5.73 Å². The molecule has 1 aliphatic rings. The lowest BCUT2D eigenvalue weighted by Crippen LogP contribution is -2.14. The first-order chi connectivity index (χ1) is 6.20. The Balaban J connectivity index is 2.32. The van der Waals surface area contributed by atoms with Gasteiger partial charge in [0.2, 0.25) is 0 Å². The third kappa shape index (κ3) is 2.05. The van der Waals surface area contributed by atoms with Crippen LogP contribution < -0.4 is 5.73 Å². The molecule has 1 aliphatic carbocycles. The number of halogens is 2. The van der Waals surface area contributed by atoms with Gasteiger partial charge in [-0.15, -0.1) is 0 Å². The first-order valence-electron chi connectivity index (χ1n) is 4.25. The van der Waals surface area contributed by atoms with Crippen LogP contribution in [0.4, 0.5) is 0 Å². The lowest BCUT2D eigenvalue weighted by molar-refractivity contribution is 0.629. The van der Waals surface area contributed by atoms with Gasteiger partial charge in [0.1, 0.15) is 4.60 Å². The third-order valence-electron chi connectivity index (χ3n) is 2.37. The Hall–Kier alpha value is 0.320. The van der Waals surface area contributed by atoms with Crippen molar-refractivity contribution in [3.8, 4) is 0 Å². The number of hydrogen-bond donors (Lipinski definition) is 1. The van der Waals surface area contributed by atoms with E-state index < -0.39 is 0 Å². The van der Waals surface area contributed by atoms with Gasteiger partial charge in [0.25, 0.3) is 0 Å². The molecule has 2 rings (SSSR count). The molecule has 2 nitrogen and oxygen atoms in total. The van der Waals surface area contributed by atoms with Gasteiger partial charge in [0.15, 0.2) is 0 Å². The second kappa shape index (κ2) is 3.82. The Morgan fingerprint density at radius 2 is 2.31 bits per heavy atom. The number of rotatable bonds is 2. The fourth-order valence-corrected chi connectivity index (χ4v) is 2.42. The molecule has 4 heteroatoms. The second-order valence-electron chi connectivity index (χ2n) is 3.37. The third-order valence-corrected chi connectivity index (χ3v) is 4.84. The molecule has 0 unspecified atom stereocenters. The van der Waals surface area contributed by atoms with Crippen molar-refractivity contribution in [3.05, 3.63) is 26.0 Å². The molecule has 1 fully saturated rings. The molecule has 0 amide bonds. The summed E-state index contributed by atoms with van der Waals surface area (Å²) in [5, 5.41) is 0. The zero-order valence-corrected chi connectivity index (χ0v) is 10.7. The van der Waals surface area contributed by atoms with Crippen LogP contribution in [0.1, 0.15) is 24.4 Å². The van der Waals surface area contributed by atoms with Gasteiger partial charge in [-0.05, 0) is 68.9 Å². The van der Waals surface area contributed by atoms with Crippen molar-refractivity contribution in [2.75, 3.05) is 0 Å². The van der Waals surface area contributed by atoms with E-state index in [9.17, 15) is 0 Å². The molecule has 0 aromatic carbocycles. The van der Waals surface area contributed by atoms with E-state index in [0.717, 1.165) is 8.17 Å². The molecule has 1 atom stereocenters. The van der Waals surface area contributed by atoms with Crippen LogP contribution in [0.15, 0.2) is 16.9 Å². The van der Waals surface area contributed by atoms with E-state index in [4.69, 9.17) is 5.73 Å². The monoisotopic (exact) mass is 352 g/mol. The number of nitrogens with two attached hydrogens (primary N) is 1. The van der Waals surface area contributed by atoms with Crippen LogP contribution in [0.25, 0.3) is 0 Å². The fourth-order valence-electron chi connectivity index (χ4n) is 1.40. The van der Waals surface area contributed by atoms with Gasteiger partial charge in [-0.25, -0.2) is 4.98 Å². The average molecular weight is 353 g/mol. The second-order valence-corrected chi connectivity index (χ2v) is 5.20. The molecule has 0 saturated heterocycles. The van der Waals surface area contributed by atoms with Crippen LogP contribution in [0.2, 0.25) is 0 Å². The lowest BCUT2D eigenvalue weighted by Gasteiger charge is -2.12. The number of nitrogens with zero attached hydrogens (tertiary/aromatic N) is 1. The van der Waals surface area contributed by atoms with Crippen molar-refractivity contribution in [2.24, 2.45) is 11.7 Å². The van der Waals surface area contributed by atoms with Crippen molar-refractivity contribution < 1.29 is 0 Å². The molecule has 1 saturated carbocycles.